The Labute approximate surface area is 116 Å². The van der Waals surface area contributed by atoms with Crippen LogP contribution in [0, 0.1) is 5.92 Å². The molecular formula is C13H20BrNO3. The van der Waals surface area contributed by atoms with Gasteiger partial charge in [-0.05, 0) is 19.9 Å². The molecule has 3 atom stereocenters. The Morgan fingerprint density at radius 3 is 2.94 bits per heavy atom. The van der Waals surface area contributed by atoms with Crippen molar-refractivity contribution in [3.05, 3.63) is 22.7 Å². The zero-order chi connectivity index (χ0) is 13.5. The van der Waals surface area contributed by atoms with Gasteiger partial charge in [0.15, 0.2) is 0 Å². The molecule has 0 saturated carbocycles. The van der Waals surface area contributed by atoms with E-state index in [1.165, 1.54) is 0 Å². The van der Waals surface area contributed by atoms with Crippen molar-refractivity contribution >= 4 is 21.9 Å². The average Bonchev–Trinajstić information content (AvgIpc) is 2.38. The first-order valence-electron chi connectivity index (χ1n) is 6.14. The normalized spacial score (nSPS) is 22.2. The summed E-state index contributed by atoms with van der Waals surface area (Å²) in [4.78, 5) is 11.6. The number of esters is 1. The minimum absolute atomic E-state index is 0.00811. The monoisotopic (exact) mass is 317 g/mol. The van der Waals surface area contributed by atoms with Crippen molar-refractivity contribution in [1.82, 2.24) is 5.32 Å². The van der Waals surface area contributed by atoms with E-state index in [9.17, 15) is 9.90 Å². The topological polar surface area (TPSA) is 58.6 Å². The summed E-state index contributed by atoms with van der Waals surface area (Å²) in [6, 6.07) is -0.298. The molecule has 0 bridgehead atoms. The highest BCUT2D eigenvalue weighted by Gasteiger charge is 2.21. The number of carbonyl (C=O) groups excluding carboxylic acids is 1. The van der Waals surface area contributed by atoms with Crippen molar-refractivity contribution in [3.8, 4) is 0 Å². The smallest absolute Gasteiger partial charge is 0.323 e. The number of hydrogen-bond donors (Lipinski definition) is 2. The lowest BCUT2D eigenvalue weighted by molar-refractivity contribution is -0.149. The van der Waals surface area contributed by atoms with Crippen LogP contribution in [0.25, 0.3) is 0 Å². The van der Waals surface area contributed by atoms with Crippen LogP contribution >= 0.6 is 15.9 Å². The van der Waals surface area contributed by atoms with Crippen LogP contribution in [0.1, 0.15) is 19.8 Å². The third-order valence-electron chi connectivity index (χ3n) is 3.02. The molecule has 18 heavy (non-hydrogen) atoms. The van der Waals surface area contributed by atoms with Gasteiger partial charge in [0.1, 0.15) is 12.6 Å². The van der Waals surface area contributed by atoms with E-state index in [-0.39, 0.29) is 24.5 Å². The number of allylic oxidation sites excluding steroid dienone is 3. The summed E-state index contributed by atoms with van der Waals surface area (Å²) in [5.74, 6) is -0.302. The maximum Gasteiger partial charge on any atom is 0.323 e. The number of hydrogen-bond acceptors (Lipinski definition) is 4. The lowest BCUT2D eigenvalue weighted by atomic mass is 9.95. The molecule has 4 nitrogen and oxygen atoms in total. The SMILES string of the molecule is CCC(NC)C(=O)OCC(O)C1C=CC(Br)=CC1. The molecule has 1 rings (SSSR count). The highest BCUT2D eigenvalue weighted by atomic mass is 79.9. The standard InChI is InChI=1S/C13H20BrNO3/c1-3-11(15-2)13(17)18-8-12(16)9-4-6-10(14)7-5-9/h4,6-7,9,11-12,15-16H,3,5,8H2,1-2H3. The van der Waals surface area contributed by atoms with E-state index in [2.05, 4.69) is 21.2 Å². The number of nitrogens with one attached hydrogen (secondary N) is 1. The second kappa shape index (κ2) is 7.71. The van der Waals surface area contributed by atoms with Crippen LogP contribution in [0.4, 0.5) is 0 Å². The molecule has 0 saturated heterocycles. The predicted molar refractivity (Wildman–Crippen MR) is 74.4 cm³/mol. The van der Waals surface area contributed by atoms with Crippen LogP contribution in [0.15, 0.2) is 22.7 Å². The van der Waals surface area contributed by atoms with Gasteiger partial charge >= 0.3 is 5.97 Å². The zero-order valence-corrected chi connectivity index (χ0v) is 12.3. The van der Waals surface area contributed by atoms with Gasteiger partial charge in [-0.3, -0.25) is 4.79 Å². The third kappa shape index (κ3) is 4.55. The van der Waals surface area contributed by atoms with Crippen LogP contribution in [-0.4, -0.2) is 36.9 Å². The fraction of sp³-hybridized carbons (Fsp3) is 0.615. The fourth-order valence-electron chi connectivity index (χ4n) is 1.78. The van der Waals surface area contributed by atoms with E-state index in [0.29, 0.717) is 6.42 Å². The van der Waals surface area contributed by atoms with Gasteiger partial charge in [-0.25, -0.2) is 0 Å². The van der Waals surface area contributed by atoms with E-state index in [4.69, 9.17) is 4.74 Å². The molecule has 3 unspecified atom stereocenters. The Kier molecular flexibility index (Phi) is 6.60. The molecule has 0 heterocycles. The molecule has 0 amide bonds. The van der Waals surface area contributed by atoms with Gasteiger partial charge in [0.05, 0.1) is 6.10 Å². The number of rotatable bonds is 6. The molecule has 1 aliphatic carbocycles. The molecule has 102 valence electrons. The molecule has 0 aliphatic heterocycles. The fourth-order valence-corrected chi connectivity index (χ4v) is 2.12. The Hall–Kier alpha value is -0.650. The van der Waals surface area contributed by atoms with Crippen LogP contribution in [0.5, 0.6) is 0 Å². The van der Waals surface area contributed by atoms with Gasteiger partial charge in [0, 0.05) is 10.4 Å². The molecule has 5 heteroatoms. The maximum absolute atomic E-state index is 11.6. The quantitative estimate of drug-likeness (QED) is 0.733. The Morgan fingerprint density at radius 2 is 2.44 bits per heavy atom. The number of aliphatic hydroxyl groups is 1. The van der Waals surface area contributed by atoms with Crippen molar-refractivity contribution in [1.29, 1.82) is 0 Å². The molecule has 0 aromatic heterocycles. The summed E-state index contributed by atoms with van der Waals surface area (Å²) in [5.41, 5.74) is 0. The van der Waals surface area contributed by atoms with E-state index < -0.39 is 6.10 Å². The average molecular weight is 318 g/mol. The molecule has 2 N–H and O–H groups in total. The summed E-state index contributed by atoms with van der Waals surface area (Å²) in [7, 11) is 1.72. The van der Waals surface area contributed by atoms with Crippen molar-refractivity contribution < 1.29 is 14.6 Å². The van der Waals surface area contributed by atoms with Gasteiger partial charge < -0.3 is 15.2 Å². The van der Waals surface area contributed by atoms with Gasteiger partial charge in [0.2, 0.25) is 0 Å². The Balaban J connectivity index is 2.35. The summed E-state index contributed by atoms with van der Waals surface area (Å²) in [6.07, 6.45) is 6.60. The molecule has 0 fully saturated rings. The first kappa shape index (κ1) is 15.4. The highest BCUT2D eigenvalue weighted by molar-refractivity contribution is 9.11. The summed E-state index contributed by atoms with van der Waals surface area (Å²) in [6.45, 7) is 1.95. The van der Waals surface area contributed by atoms with Gasteiger partial charge in [0.25, 0.3) is 0 Å². The maximum atomic E-state index is 11.6. The number of halogens is 1. The second-order valence-electron chi connectivity index (χ2n) is 4.29. The summed E-state index contributed by atoms with van der Waals surface area (Å²) < 4.78 is 6.13. The van der Waals surface area contributed by atoms with Crippen LogP contribution in [-0.2, 0) is 9.53 Å². The van der Waals surface area contributed by atoms with Crippen LogP contribution in [0.2, 0.25) is 0 Å². The molecule has 0 aromatic rings. The molecular weight excluding hydrogens is 298 g/mol. The van der Waals surface area contributed by atoms with E-state index in [1.807, 2.05) is 25.2 Å². The van der Waals surface area contributed by atoms with E-state index in [0.717, 1.165) is 10.9 Å². The number of aliphatic hydroxyl groups excluding tert-OH is 1. The number of ether oxygens (including phenoxy) is 1. The summed E-state index contributed by atoms with van der Waals surface area (Å²) in [5, 5.41) is 12.8. The van der Waals surface area contributed by atoms with Crippen LogP contribution < -0.4 is 5.32 Å². The van der Waals surface area contributed by atoms with E-state index in [1.54, 1.807) is 7.05 Å². The van der Waals surface area contributed by atoms with E-state index >= 15 is 0 Å². The lowest BCUT2D eigenvalue weighted by Crippen LogP contribution is -2.37. The molecule has 1 aliphatic rings. The highest BCUT2D eigenvalue weighted by Crippen LogP contribution is 2.22. The van der Waals surface area contributed by atoms with Crippen molar-refractivity contribution in [2.45, 2.75) is 31.9 Å². The lowest BCUT2D eigenvalue weighted by Gasteiger charge is -2.21. The molecule has 0 spiro atoms. The minimum atomic E-state index is -0.656. The third-order valence-corrected chi connectivity index (χ3v) is 3.61. The largest absolute Gasteiger partial charge is 0.462 e. The van der Waals surface area contributed by atoms with Gasteiger partial charge in [-0.15, -0.1) is 0 Å². The zero-order valence-electron chi connectivity index (χ0n) is 10.7. The number of carbonyl (C=O) groups is 1. The summed E-state index contributed by atoms with van der Waals surface area (Å²) >= 11 is 3.36. The number of likely N-dealkylation sites (N-methyl/N-ethyl adjacent to an activating group) is 1. The first-order chi connectivity index (χ1) is 8.58. The minimum Gasteiger partial charge on any atom is -0.462 e. The van der Waals surface area contributed by atoms with Gasteiger partial charge in [-0.1, -0.05) is 41.1 Å². The van der Waals surface area contributed by atoms with Crippen molar-refractivity contribution in [2.75, 3.05) is 13.7 Å². The second-order valence-corrected chi connectivity index (χ2v) is 5.21. The van der Waals surface area contributed by atoms with Gasteiger partial charge in [-0.2, -0.15) is 0 Å². The first-order valence-corrected chi connectivity index (χ1v) is 6.93. The molecule has 0 radical (unpaired) electrons. The Bertz CT molecular complexity index is 337. The molecule has 0 aromatic carbocycles. The Morgan fingerprint density at radius 1 is 1.72 bits per heavy atom. The van der Waals surface area contributed by atoms with Crippen LogP contribution in [0.3, 0.4) is 0 Å². The van der Waals surface area contributed by atoms with Crippen molar-refractivity contribution in [3.63, 3.8) is 0 Å². The predicted octanol–water partition coefficient (Wildman–Crippen LogP) is 1.74. The van der Waals surface area contributed by atoms with Crippen molar-refractivity contribution in [2.24, 2.45) is 5.92 Å².